The molecule has 0 unspecified atom stereocenters. The van der Waals surface area contributed by atoms with E-state index >= 15 is 0 Å². The second-order valence-electron chi connectivity index (χ2n) is 9.14. The van der Waals surface area contributed by atoms with Gasteiger partial charge in [-0.3, -0.25) is 4.98 Å². The van der Waals surface area contributed by atoms with Crippen LogP contribution in [0.5, 0.6) is 5.75 Å². The predicted octanol–water partition coefficient (Wildman–Crippen LogP) is 6.64. The number of hydrogen-bond acceptors (Lipinski definition) is 3. The van der Waals surface area contributed by atoms with Crippen LogP contribution in [0.15, 0.2) is 66.9 Å². The number of nitrogens with one attached hydrogen (secondary N) is 1. The van der Waals surface area contributed by atoms with Gasteiger partial charge in [-0.05, 0) is 105 Å². The molecule has 2 aromatic heterocycles. The maximum Gasteiger partial charge on any atom is 0.174 e. The van der Waals surface area contributed by atoms with Crippen molar-refractivity contribution in [1.82, 2.24) is 14.9 Å². The molecule has 2 atom stereocenters. The summed E-state index contributed by atoms with van der Waals surface area (Å²) in [7, 11) is 0. The van der Waals surface area contributed by atoms with Crippen molar-refractivity contribution >= 4 is 34.6 Å². The van der Waals surface area contributed by atoms with E-state index in [4.69, 9.17) is 23.8 Å². The van der Waals surface area contributed by atoms with Gasteiger partial charge in [0, 0.05) is 28.3 Å². The van der Waals surface area contributed by atoms with Gasteiger partial charge in [-0.15, -0.1) is 0 Å². The summed E-state index contributed by atoms with van der Waals surface area (Å²) in [6.07, 6.45) is 1.79. The third-order valence-electron chi connectivity index (χ3n) is 6.55. The molecule has 1 fully saturated rings. The smallest absolute Gasteiger partial charge is 0.174 e. The molecule has 2 aromatic carbocycles. The number of hydrogen-bond donors (Lipinski definition) is 2. The van der Waals surface area contributed by atoms with E-state index in [1.807, 2.05) is 23.1 Å². The first-order chi connectivity index (χ1) is 16.7. The van der Waals surface area contributed by atoms with Crippen molar-refractivity contribution < 1.29 is 5.11 Å². The zero-order valence-corrected chi connectivity index (χ0v) is 21.7. The molecule has 4 aromatic rings. The Balaban J connectivity index is 1.72. The predicted molar refractivity (Wildman–Crippen MR) is 146 cm³/mol. The van der Waals surface area contributed by atoms with Crippen LogP contribution >= 0.6 is 23.8 Å². The maximum absolute atomic E-state index is 10.8. The first kappa shape index (κ1) is 23.4. The highest BCUT2D eigenvalue weighted by Gasteiger charge is 2.43. The lowest BCUT2D eigenvalue weighted by Crippen LogP contribution is -2.29. The van der Waals surface area contributed by atoms with Crippen LogP contribution in [-0.2, 0) is 0 Å². The van der Waals surface area contributed by atoms with E-state index in [0.717, 1.165) is 28.3 Å². The molecule has 3 heterocycles. The van der Waals surface area contributed by atoms with Gasteiger partial charge in [-0.25, -0.2) is 0 Å². The summed E-state index contributed by atoms with van der Waals surface area (Å²) in [6.45, 7) is 8.48. The highest BCUT2D eigenvalue weighted by Crippen LogP contribution is 2.46. The Hall–Kier alpha value is -3.35. The lowest BCUT2D eigenvalue weighted by atomic mass is 9.96. The summed E-state index contributed by atoms with van der Waals surface area (Å²) in [5, 5.41) is 15.3. The molecule has 0 spiro atoms. The summed E-state index contributed by atoms with van der Waals surface area (Å²) in [5.74, 6) is 0.119. The van der Waals surface area contributed by atoms with Gasteiger partial charge in [0.15, 0.2) is 5.11 Å². The average molecular weight is 503 g/mol. The molecule has 178 valence electrons. The van der Waals surface area contributed by atoms with Crippen LogP contribution in [0.2, 0.25) is 5.02 Å². The molecule has 0 bridgehead atoms. The Kier molecular flexibility index (Phi) is 6.03. The minimum atomic E-state index is -0.243. The number of thiocarbonyl (C=S) groups is 1. The maximum atomic E-state index is 10.8. The zero-order chi connectivity index (χ0) is 24.9. The van der Waals surface area contributed by atoms with Gasteiger partial charge in [0.1, 0.15) is 5.75 Å². The summed E-state index contributed by atoms with van der Waals surface area (Å²) in [6, 6.07) is 19.2. The third-order valence-corrected chi connectivity index (χ3v) is 7.10. The van der Waals surface area contributed by atoms with Crippen LogP contribution in [0.25, 0.3) is 5.69 Å². The highest BCUT2D eigenvalue weighted by atomic mass is 35.5. The molecule has 1 aliphatic heterocycles. The standard InChI is InChI=1S/C28H27ClN4OS/c1-16-11-17(2)13-21(12-16)32-18(3)14-22(19(32)4)27-26(23-7-5-6-10-30-23)31-28(35)33(27)24-15-20(29)8-9-25(24)34/h5-15,26-27,34H,1-4H3,(H,31,35)/t26-,27+/m1/s1. The lowest BCUT2D eigenvalue weighted by Gasteiger charge is -2.28. The van der Waals surface area contributed by atoms with Crippen LogP contribution in [-0.4, -0.2) is 19.8 Å². The molecule has 0 amide bonds. The number of phenolic OH excluding ortho intramolecular Hbond substituents is 1. The van der Waals surface area contributed by atoms with Crippen molar-refractivity contribution in [3.63, 3.8) is 0 Å². The molecule has 35 heavy (non-hydrogen) atoms. The van der Waals surface area contributed by atoms with Crippen LogP contribution in [0.1, 0.15) is 45.9 Å². The van der Waals surface area contributed by atoms with Gasteiger partial charge in [0.25, 0.3) is 0 Å². The van der Waals surface area contributed by atoms with Crippen molar-refractivity contribution in [2.24, 2.45) is 0 Å². The van der Waals surface area contributed by atoms with Crippen LogP contribution in [0.4, 0.5) is 5.69 Å². The Morgan fingerprint density at radius 2 is 1.71 bits per heavy atom. The minimum Gasteiger partial charge on any atom is -0.506 e. The number of anilines is 1. The van der Waals surface area contributed by atoms with Gasteiger partial charge < -0.3 is 19.9 Å². The summed E-state index contributed by atoms with van der Waals surface area (Å²) in [4.78, 5) is 6.60. The Morgan fingerprint density at radius 3 is 2.40 bits per heavy atom. The van der Waals surface area contributed by atoms with E-state index in [9.17, 15) is 5.11 Å². The summed E-state index contributed by atoms with van der Waals surface area (Å²) in [5.41, 5.74) is 8.33. The van der Waals surface area contributed by atoms with E-state index in [1.165, 1.54) is 11.1 Å². The monoisotopic (exact) mass is 502 g/mol. The molecule has 1 aliphatic rings. The van der Waals surface area contributed by atoms with Crippen LogP contribution in [0.3, 0.4) is 0 Å². The largest absolute Gasteiger partial charge is 0.506 e. The van der Waals surface area contributed by atoms with E-state index in [-0.39, 0.29) is 17.8 Å². The van der Waals surface area contributed by atoms with E-state index < -0.39 is 0 Å². The Bertz CT molecular complexity index is 1410. The molecular formula is C28H27ClN4OS. The molecule has 5 rings (SSSR count). The molecule has 0 radical (unpaired) electrons. The SMILES string of the molecule is Cc1cc(C)cc(-n2c(C)cc([C@H]3[C@@H](c4ccccn4)NC(=S)N3c3cc(Cl)ccc3O)c2C)c1. The number of pyridine rings is 1. The van der Waals surface area contributed by atoms with Crippen molar-refractivity contribution in [2.75, 3.05) is 4.90 Å². The second kappa shape index (κ2) is 9.02. The van der Waals surface area contributed by atoms with Gasteiger partial charge in [0.05, 0.1) is 23.5 Å². The highest BCUT2D eigenvalue weighted by molar-refractivity contribution is 7.80. The van der Waals surface area contributed by atoms with E-state index in [1.54, 1.807) is 24.4 Å². The summed E-state index contributed by atoms with van der Waals surface area (Å²) < 4.78 is 2.28. The fourth-order valence-electron chi connectivity index (χ4n) is 5.18. The average Bonchev–Trinajstić information content (AvgIpc) is 3.30. The van der Waals surface area contributed by atoms with Gasteiger partial charge >= 0.3 is 0 Å². The quantitative estimate of drug-likeness (QED) is 0.306. The topological polar surface area (TPSA) is 53.3 Å². The molecule has 7 heteroatoms. The molecule has 1 saturated heterocycles. The molecule has 0 saturated carbocycles. The Morgan fingerprint density at radius 1 is 0.971 bits per heavy atom. The number of aryl methyl sites for hydroxylation is 3. The molecule has 5 nitrogen and oxygen atoms in total. The third kappa shape index (κ3) is 4.17. The zero-order valence-electron chi connectivity index (χ0n) is 20.1. The van der Waals surface area contributed by atoms with Crippen LogP contribution in [0, 0.1) is 27.7 Å². The van der Waals surface area contributed by atoms with E-state index in [2.05, 4.69) is 66.8 Å². The number of phenols is 1. The first-order valence-electron chi connectivity index (χ1n) is 11.5. The van der Waals surface area contributed by atoms with Crippen molar-refractivity contribution in [3.8, 4) is 11.4 Å². The van der Waals surface area contributed by atoms with Crippen molar-refractivity contribution in [1.29, 1.82) is 0 Å². The molecule has 2 N–H and O–H groups in total. The number of aromatic hydroxyl groups is 1. The lowest BCUT2D eigenvalue weighted by molar-refractivity contribution is 0.472. The van der Waals surface area contributed by atoms with Crippen LogP contribution < -0.4 is 10.2 Å². The minimum absolute atomic E-state index is 0.119. The normalized spacial score (nSPS) is 17.6. The molecular weight excluding hydrogens is 476 g/mol. The Labute approximate surface area is 216 Å². The van der Waals surface area contributed by atoms with Crippen molar-refractivity contribution in [2.45, 2.75) is 39.8 Å². The summed E-state index contributed by atoms with van der Waals surface area (Å²) >= 11 is 12.2. The fraction of sp³-hybridized carbons (Fsp3) is 0.214. The van der Waals surface area contributed by atoms with Crippen molar-refractivity contribution in [3.05, 3.63) is 106 Å². The number of rotatable bonds is 4. The van der Waals surface area contributed by atoms with Gasteiger partial charge in [-0.1, -0.05) is 23.7 Å². The number of halogens is 1. The number of aromatic nitrogens is 2. The first-order valence-corrected chi connectivity index (χ1v) is 12.3. The fourth-order valence-corrected chi connectivity index (χ4v) is 5.69. The second-order valence-corrected chi connectivity index (χ2v) is 9.96. The molecule has 0 aliphatic carbocycles. The number of benzene rings is 2. The number of nitrogens with zero attached hydrogens (tertiary/aromatic N) is 3. The van der Waals surface area contributed by atoms with E-state index in [0.29, 0.717) is 15.8 Å². The van der Waals surface area contributed by atoms with Gasteiger partial charge in [0.2, 0.25) is 0 Å². The van der Waals surface area contributed by atoms with Gasteiger partial charge in [-0.2, -0.15) is 0 Å².